The molecule has 3 unspecified atom stereocenters. The molecule has 0 radical (unpaired) electrons. The Labute approximate surface area is 103 Å². The van der Waals surface area contributed by atoms with Crippen molar-refractivity contribution in [1.82, 2.24) is 10.2 Å². The molecule has 3 atom stereocenters. The second-order valence-corrected chi connectivity index (χ2v) is 5.29. The highest BCUT2D eigenvalue weighted by Crippen LogP contribution is 2.25. The molecular weight excluding hydrogens is 216 g/mol. The summed E-state index contributed by atoms with van der Waals surface area (Å²) < 4.78 is 0. The molecule has 2 N–H and O–H groups in total. The van der Waals surface area contributed by atoms with Crippen LogP contribution in [0, 0.1) is 0 Å². The Kier molecular flexibility index (Phi) is 4.40. The molecule has 17 heavy (non-hydrogen) atoms. The van der Waals surface area contributed by atoms with Gasteiger partial charge in [0.05, 0.1) is 18.2 Å². The average Bonchev–Trinajstić information content (AvgIpc) is 2.55. The number of rotatable bonds is 2. The largest absolute Gasteiger partial charge is 0.391 e. The molecule has 1 heterocycles. The van der Waals surface area contributed by atoms with Gasteiger partial charge in [-0.3, -0.25) is 4.79 Å². The molecule has 4 nitrogen and oxygen atoms in total. The Morgan fingerprint density at radius 1 is 1.18 bits per heavy atom. The van der Waals surface area contributed by atoms with Crippen LogP contribution >= 0.6 is 0 Å². The minimum Gasteiger partial charge on any atom is -0.391 e. The normalized spacial score (nSPS) is 35.8. The van der Waals surface area contributed by atoms with Gasteiger partial charge >= 0.3 is 0 Å². The van der Waals surface area contributed by atoms with E-state index in [4.69, 9.17) is 0 Å². The predicted molar refractivity (Wildman–Crippen MR) is 66.7 cm³/mol. The van der Waals surface area contributed by atoms with Crippen molar-refractivity contribution in [2.75, 3.05) is 13.6 Å². The lowest BCUT2D eigenvalue weighted by Gasteiger charge is -2.39. The first kappa shape index (κ1) is 12.8. The molecule has 1 aliphatic heterocycles. The second kappa shape index (κ2) is 5.83. The molecule has 0 aromatic carbocycles. The van der Waals surface area contributed by atoms with Gasteiger partial charge in [-0.15, -0.1) is 0 Å². The molecule has 2 aliphatic rings. The van der Waals surface area contributed by atoms with Crippen LogP contribution in [0.3, 0.4) is 0 Å². The number of aliphatic hydroxyl groups is 1. The Morgan fingerprint density at radius 2 is 1.94 bits per heavy atom. The van der Waals surface area contributed by atoms with Gasteiger partial charge in [0.25, 0.3) is 0 Å². The Morgan fingerprint density at radius 3 is 2.71 bits per heavy atom. The first-order valence-corrected chi connectivity index (χ1v) is 6.90. The molecule has 2 rings (SSSR count). The van der Waals surface area contributed by atoms with Gasteiger partial charge in [-0.1, -0.05) is 19.3 Å². The van der Waals surface area contributed by atoms with E-state index in [0.29, 0.717) is 0 Å². The van der Waals surface area contributed by atoms with Crippen molar-refractivity contribution < 1.29 is 9.90 Å². The van der Waals surface area contributed by atoms with Gasteiger partial charge in [0, 0.05) is 6.54 Å². The fourth-order valence-corrected chi connectivity index (χ4v) is 3.13. The van der Waals surface area contributed by atoms with Gasteiger partial charge < -0.3 is 15.3 Å². The van der Waals surface area contributed by atoms with Crippen LogP contribution in [-0.4, -0.2) is 47.7 Å². The number of likely N-dealkylation sites (N-methyl/N-ethyl adjacent to an activating group) is 1. The van der Waals surface area contributed by atoms with E-state index < -0.39 is 0 Å². The van der Waals surface area contributed by atoms with Gasteiger partial charge in [-0.2, -0.15) is 0 Å². The summed E-state index contributed by atoms with van der Waals surface area (Å²) in [5, 5.41) is 13.2. The predicted octanol–water partition coefficient (Wildman–Crippen LogP) is 0.890. The van der Waals surface area contributed by atoms with E-state index in [1.807, 2.05) is 11.9 Å². The summed E-state index contributed by atoms with van der Waals surface area (Å²) >= 11 is 0. The standard InChI is InChI=1S/C13H24N2O2/c1-14-10-6-5-9-15(13(10)17)11-7-3-2-4-8-12(11)16/h10-12,14,16H,2-9H2,1H3. The van der Waals surface area contributed by atoms with Crippen molar-refractivity contribution in [3.05, 3.63) is 0 Å². The molecule has 98 valence electrons. The number of aliphatic hydroxyl groups excluding tert-OH is 1. The SMILES string of the molecule is CNC1CCCN(C2CCCCCC2O)C1=O. The maximum atomic E-state index is 12.3. The molecular formula is C13H24N2O2. The van der Waals surface area contributed by atoms with Gasteiger partial charge in [0.2, 0.25) is 5.91 Å². The van der Waals surface area contributed by atoms with Crippen molar-refractivity contribution in [3.63, 3.8) is 0 Å². The topological polar surface area (TPSA) is 52.6 Å². The van der Waals surface area contributed by atoms with Crippen LogP contribution in [0.2, 0.25) is 0 Å². The average molecular weight is 240 g/mol. The molecule has 0 aromatic rings. The lowest BCUT2D eigenvalue weighted by atomic mass is 9.97. The highest BCUT2D eigenvalue weighted by molar-refractivity contribution is 5.83. The van der Waals surface area contributed by atoms with Crippen molar-refractivity contribution in [3.8, 4) is 0 Å². The Bertz CT molecular complexity index is 270. The summed E-state index contributed by atoms with van der Waals surface area (Å²) in [7, 11) is 1.84. The molecule has 0 bridgehead atoms. The number of carbonyl (C=O) groups is 1. The molecule has 0 spiro atoms. The maximum absolute atomic E-state index is 12.3. The number of likely N-dealkylation sites (tertiary alicyclic amines) is 1. The number of piperidine rings is 1. The first-order chi connectivity index (χ1) is 8.24. The van der Waals surface area contributed by atoms with E-state index in [1.54, 1.807) is 0 Å². The molecule has 1 aliphatic carbocycles. The Hall–Kier alpha value is -0.610. The van der Waals surface area contributed by atoms with Crippen LogP contribution in [0.1, 0.15) is 44.9 Å². The molecule has 1 saturated carbocycles. The van der Waals surface area contributed by atoms with Gasteiger partial charge in [-0.05, 0) is 32.7 Å². The van der Waals surface area contributed by atoms with E-state index >= 15 is 0 Å². The maximum Gasteiger partial charge on any atom is 0.240 e. The van der Waals surface area contributed by atoms with Crippen LogP contribution in [0.4, 0.5) is 0 Å². The lowest BCUT2D eigenvalue weighted by Crippen LogP contribution is -2.56. The quantitative estimate of drug-likeness (QED) is 0.705. The fourth-order valence-electron chi connectivity index (χ4n) is 3.13. The molecule has 0 aromatic heterocycles. The fraction of sp³-hybridized carbons (Fsp3) is 0.923. The summed E-state index contributed by atoms with van der Waals surface area (Å²) in [6.45, 7) is 0.818. The Balaban J connectivity index is 2.05. The number of carbonyl (C=O) groups excluding carboxylic acids is 1. The molecule has 2 fully saturated rings. The van der Waals surface area contributed by atoms with Crippen LogP contribution in [0.15, 0.2) is 0 Å². The van der Waals surface area contributed by atoms with Gasteiger partial charge in [0.15, 0.2) is 0 Å². The third kappa shape index (κ3) is 2.80. The number of nitrogens with one attached hydrogen (secondary N) is 1. The number of hydrogen-bond acceptors (Lipinski definition) is 3. The van der Waals surface area contributed by atoms with Crippen molar-refractivity contribution in [1.29, 1.82) is 0 Å². The van der Waals surface area contributed by atoms with E-state index in [2.05, 4.69) is 5.32 Å². The van der Waals surface area contributed by atoms with E-state index in [-0.39, 0.29) is 24.1 Å². The third-order valence-electron chi connectivity index (χ3n) is 4.17. The molecule has 4 heteroatoms. The van der Waals surface area contributed by atoms with E-state index in [1.165, 1.54) is 6.42 Å². The van der Waals surface area contributed by atoms with Crippen molar-refractivity contribution in [2.45, 2.75) is 63.1 Å². The summed E-state index contributed by atoms with van der Waals surface area (Å²) in [6, 6.07) is 0.0142. The van der Waals surface area contributed by atoms with Crippen LogP contribution < -0.4 is 5.32 Å². The minimum absolute atomic E-state index is 0.0424. The van der Waals surface area contributed by atoms with Crippen molar-refractivity contribution in [2.24, 2.45) is 0 Å². The first-order valence-electron chi connectivity index (χ1n) is 6.90. The second-order valence-electron chi connectivity index (χ2n) is 5.29. The van der Waals surface area contributed by atoms with Gasteiger partial charge in [0.1, 0.15) is 0 Å². The van der Waals surface area contributed by atoms with Crippen LogP contribution in [0.5, 0.6) is 0 Å². The number of nitrogens with zero attached hydrogens (tertiary/aromatic N) is 1. The number of hydrogen-bond donors (Lipinski definition) is 2. The highest BCUT2D eigenvalue weighted by Gasteiger charge is 2.35. The smallest absolute Gasteiger partial charge is 0.240 e. The summed E-state index contributed by atoms with van der Waals surface area (Å²) in [6.07, 6.45) is 6.87. The zero-order valence-electron chi connectivity index (χ0n) is 10.7. The molecule has 1 saturated heterocycles. The van der Waals surface area contributed by atoms with Crippen molar-refractivity contribution >= 4 is 5.91 Å². The van der Waals surface area contributed by atoms with Gasteiger partial charge in [-0.25, -0.2) is 0 Å². The minimum atomic E-state index is -0.322. The van der Waals surface area contributed by atoms with E-state index in [0.717, 1.165) is 45.1 Å². The number of amides is 1. The zero-order valence-corrected chi connectivity index (χ0v) is 10.7. The van der Waals surface area contributed by atoms with Crippen LogP contribution in [-0.2, 0) is 4.79 Å². The summed E-state index contributed by atoms with van der Waals surface area (Å²) in [5.41, 5.74) is 0. The van der Waals surface area contributed by atoms with Crippen LogP contribution in [0.25, 0.3) is 0 Å². The highest BCUT2D eigenvalue weighted by atomic mass is 16.3. The lowest BCUT2D eigenvalue weighted by molar-refractivity contribution is -0.141. The van der Waals surface area contributed by atoms with E-state index in [9.17, 15) is 9.90 Å². The molecule has 1 amide bonds. The summed E-state index contributed by atoms with van der Waals surface area (Å²) in [4.78, 5) is 14.2. The third-order valence-corrected chi connectivity index (χ3v) is 4.17. The zero-order chi connectivity index (χ0) is 12.3. The summed E-state index contributed by atoms with van der Waals surface area (Å²) in [5.74, 6) is 0.185. The monoisotopic (exact) mass is 240 g/mol.